The third-order valence-corrected chi connectivity index (χ3v) is 3.59. The number of nitrogens with zero attached hydrogens (tertiary/aromatic N) is 1. The highest BCUT2D eigenvalue weighted by molar-refractivity contribution is 9.10. The summed E-state index contributed by atoms with van der Waals surface area (Å²) in [7, 11) is 2.04. The van der Waals surface area contributed by atoms with Crippen molar-refractivity contribution in [1.29, 1.82) is 0 Å². The highest BCUT2D eigenvalue weighted by atomic mass is 79.9. The Kier molecular flexibility index (Phi) is 4.15. The number of phenolic OH excluding ortho intramolecular Hbond substituents is 1. The van der Waals surface area contributed by atoms with E-state index < -0.39 is 0 Å². The molecule has 1 N–H and O–H groups in total. The molecule has 0 radical (unpaired) electrons. The van der Waals surface area contributed by atoms with Crippen molar-refractivity contribution in [3.8, 4) is 5.75 Å². The summed E-state index contributed by atoms with van der Waals surface area (Å²) in [4.78, 5) is 2.14. The molecule has 0 fully saturated rings. The lowest BCUT2D eigenvalue weighted by Gasteiger charge is -2.21. The number of rotatable bonds is 3. The fraction of sp³-hybridized carbons (Fsp3) is 0.250. The van der Waals surface area contributed by atoms with Gasteiger partial charge in [0.2, 0.25) is 0 Å². The molecule has 2 aromatic rings. The molecule has 0 unspecified atom stereocenters. The topological polar surface area (TPSA) is 23.5 Å². The SMILES string of the molecule is Cc1cc(C)cc(N(C)Cc2cc(Br)ccc2O)c1. The molecule has 2 aromatic carbocycles. The minimum Gasteiger partial charge on any atom is -0.508 e. The number of phenols is 1. The fourth-order valence-corrected chi connectivity index (χ4v) is 2.61. The van der Waals surface area contributed by atoms with Gasteiger partial charge in [-0.25, -0.2) is 0 Å². The minimum absolute atomic E-state index is 0.333. The molecule has 0 saturated heterocycles. The zero-order valence-corrected chi connectivity index (χ0v) is 13.0. The molecular weight excluding hydrogens is 302 g/mol. The first kappa shape index (κ1) is 13.9. The first-order chi connectivity index (χ1) is 8.95. The van der Waals surface area contributed by atoms with Crippen LogP contribution in [0.1, 0.15) is 16.7 Å². The van der Waals surface area contributed by atoms with Crippen LogP contribution in [0.4, 0.5) is 5.69 Å². The Morgan fingerprint density at radius 1 is 1.05 bits per heavy atom. The van der Waals surface area contributed by atoms with Gasteiger partial charge in [0.15, 0.2) is 0 Å². The predicted molar refractivity (Wildman–Crippen MR) is 83.8 cm³/mol. The third-order valence-electron chi connectivity index (χ3n) is 3.10. The van der Waals surface area contributed by atoms with Crippen LogP contribution in [0.2, 0.25) is 0 Å². The number of aryl methyl sites for hydroxylation is 2. The smallest absolute Gasteiger partial charge is 0.120 e. The van der Waals surface area contributed by atoms with Gasteiger partial charge in [0.05, 0.1) is 0 Å². The zero-order valence-electron chi connectivity index (χ0n) is 11.4. The molecule has 0 atom stereocenters. The highest BCUT2D eigenvalue weighted by Crippen LogP contribution is 2.25. The Bertz CT molecular complexity index is 575. The van der Waals surface area contributed by atoms with E-state index in [0.717, 1.165) is 15.7 Å². The van der Waals surface area contributed by atoms with Crippen LogP contribution in [0.15, 0.2) is 40.9 Å². The van der Waals surface area contributed by atoms with E-state index in [2.05, 4.69) is 52.9 Å². The maximum Gasteiger partial charge on any atom is 0.120 e. The van der Waals surface area contributed by atoms with Crippen LogP contribution in [-0.2, 0) is 6.54 Å². The zero-order chi connectivity index (χ0) is 14.0. The fourth-order valence-electron chi connectivity index (χ4n) is 2.20. The summed E-state index contributed by atoms with van der Waals surface area (Å²) >= 11 is 3.44. The van der Waals surface area contributed by atoms with E-state index in [1.807, 2.05) is 19.2 Å². The maximum absolute atomic E-state index is 9.89. The molecule has 0 heterocycles. The number of aromatic hydroxyl groups is 1. The first-order valence-electron chi connectivity index (χ1n) is 6.22. The second-order valence-corrected chi connectivity index (χ2v) is 5.89. The van der Waals surface area contributed by atoms with Gasteiger partial charge in [0.25, 0.3) is 0 Å². The Hall–Kier alpha value is -1.48. The van der Waals surface area contributed by atoms with E-state index in [4.69, 9.17) is 0 Å². The van der Waals surface area contributed by atoms with E-state index in [0.29, 0.717) is 12.3 Å². The molecule has 3 heteroatoms. The van der Waals surface area contributed by atoms with Gasteiger partial charge in [0, 0.05) is 29.3 Å². The van der Waals surface area contributed by atoms with Crippen molar-refractivity contribution in [1.82, 2.24) is 0 Å². The Labute approximate surface area is 122 Å². The van der Waals surface area contributed by atoms with Crippen LogP contribution in [0.5, 0.6) is 5.75 Å². The van der Waals surface area contributed by atoms with Crippen molar-refractivity contribution in [2.24, 2.45) is 0 Å². The summed E-state index contributed by atoms with van der Waals surface area (Å²) in [5.41, 5.74) is 4.58. The summed E-state index contributed by atoms with van der Waals surface area (Å²) in [6.45, 7) is 4.87. The Morgan fingerprint density at radius 3 is 2.32 bits per heavy atom. The first-order valence-corrected chi connectivity index (χ1v) is 7.02. The quantitative estimate of drug-likeness (QED) is 0.905. The predicted octanol–water partition coefficient (Wildman–Crippen LogP) is 4.41. The number of anilines is 1. The van der Waals surface area contributed by atoms with E-state index in [1.54, 1.807) is 6.07 Å². The second-order valence-electron chi connectivity index (χ2n) is 4.98. The molecule has 2 rings (SSSR count). The normalized spacial score (nSPS) is 10.5. The van der Waals surface area contributed by atoms with Crippen molar-refractivity contribution in [3.05, 3.63) is 57.6 Å². The van der Waals surface area contributed by atoms with Gasteiger partial charge in [-0.1, -0.05) is 22.0 Å². The molecule has 0 bridgehead atoms. The number of halogens is 1. The Balaban J connectivity index is 2.25. The van der Waals surface area contributed by atoms with E-state index in [1.165, 1.54) is 11.1 Å². The van der Waals surface area contributed by atoms with Gasteiger partial charge in [-0.3, -0.25) is 0 Å². The average molecular weight is 320 g/mol. The van der Waals surface area contributed by atoms with Crippen LogP contribution in [0.3, 0.4) is 0 Å². The van der Waals surface area contributed by atoms with Crippen LogP contribution in [0, 0.1) is 13.8 Å². The Morgan fingerprint density at radius 2 is 1.68 bits per heavy atom. The molecule has 0 aliphatic heterocycles. The second kappa shape index (κ2) is 5.66. The summed E-state index contributed by atoms with van der Waals surface area (Å²) < 4.78 is 0.981. The summed E-state index contributed by atoms with van der Waals surface area (Å²) in [6.07, 6.45) is 0. The highest BCUT2D eigenvalue weighted by Gasteiger charge is 2.07. The molecule has 0 saturated carbocycles. The molecule has 100 valence electrons. The standard InChI is InChI=1S/C16H18BrNO/c1-11-6-12(2)8-15(7-11)18(3)10-13-9-14(17)4-5-16(13)19/h4-9,19H,10H2,1-3H3. The monoisotopic (exact) mass is 319 g/mol. The van der Waals surface area contributed by atoms with Crippen LogP contribution in [-0.4, -0.2) is 12.2 Å². The van der Waals surface area contributed by atoms with Gasteiger partial charge in [-0.05, 0) is 55.3 Å². The number of benzene rings is 2. The lowest BCUT2D eigenvalue weighted by Crippen LogP contribution is -2.16. The van der Waals surface area contributed by atoms with Gasteiger partial charge in [-0.2, -0.15) is 0 Å². The maximum atomic E-state index is 9.89. The van der Waals surface area contributed by atoms with E-state index >= 15 is 0 Å². The van der Waals surface area contributed by atoms with Crippen molar-refractivity contribution in [2.75, 3.05) is 11.9 Å². The molecule has 0 aliphatic rings. The molecule has 0 aliphatic carbocycles. The van der Waals surface area contributed by atoms with Crippen molar-refractivity contribution < 1.29 is 5.11 Å². The summed E-state index contributed by atoms with van der Waals surface area (Å²) in [5.74, 6) is 0.333. The lowest BCUT2D eigenvalue weighted by molar-refractivity contribution is 0.467. The van der Waals surface area contributed by atoms with Crippen molar-refractivity contribution in [2.45, 2.75) is 20.4 Å². The molecule has 0 amide bonds. The van der Waals surface area contributed by atoms with E-state index in [9.17, 15) is 5.11 Å². The molecule has 0 aromatic heterocycles. The van der Waals surface area contributed by atoms with Gasteiger partial charge >= 0.3 is 0 Å². The van der Waals surface area contributed by atoms with Gasteiger partial charge in [-0.15, -0.1) is 0 Å². The minimum atomic E-state index is 0.333. The third kappa shape index (κ3) is 3.51. The van der Waals surface area contributed by atoms with Crippen molar-refractivity contribution >= 4 is 21.6 Å². The largest absolute Gasteiger partial charge is 0.508 e. The van der Waals surface area contributed by atoms with Crippen molar-refractivity contribution in [3.63, 3.8) is 0 Å². The van der Waals surface area contributed by atoms with Crippen LogP contribution < -0.4 is 4.90 Å². The number of hydrogen-bond acceptors (Lipinski definition) is 2. The van der Waals surface area contributed by atoms with Gasteiger partial charge < -0.3 is 10.0 Å². The van der Waals surface area contributed by atoms with Crippen LogP contribution in [0.25, 0.3) is 0 Å². The molecule has 2 nitrogen and oxygen atoms in total. The lowest BCUT2D eigenvalue weighted by atomic mass is 10.1. The summed E-state index contributed by atoms with van der Waals surface area (Å²) in [5, 5.41) is 9.89. The average Bonchev–Trinajstić information content (AvgIpc) is 2.32. The van der Waals surface area contributed by atoms with Gasteiger partial charge in [0.1, 0.15) is 5.75 Å². The molecule has 0 spiro atoms. The molecular formula is C16H18BrNO. The van der Waals surface area contributed by atoms with Crippen LogP contribution >= 0.6 is 15.9 Å². The number of hydrogen-bond donors (Lipinski definition) is 1. The summed E-state index contributed by atoms with van der Waals surface area (Å²) in [6, 6.07) is 12.0. The molecule has 19 heavy (non-hydrogen) atoms. The van der Waals surface area contributed by atoms with E-state index in [-0.39, 0.29) is 0 Å².